The average molecular weight is 358 g/mol. The van der Waals surface area contributed by atoms with Gasteiger partial charge in [-0.05, 0) is 35.4 Å². The Morgan fingerprint density at radius 1 is 0.889 bits per heavy atom. The first-order valence-corrected chi connectivity index (χ1v) is 8.57. The normalized spacial score (nSPS) is 10.7. The number of nitrogens with zero attached hydrogens (tertiary/aromatic N) is 3. The molecule has 0 radical (unpaired) electrons. The fourth-order valence-corrected chi connectivity index (χ4v) is 2.66. The molecule has 0 saturated heterocycles. The average Bonchev–Trinajstić information content (AvgIpc) is 3.17. The molecule has 0 fully saturated rings. The fourth-order valence-electron chi connectivity index (χ4n) is 2.66. The van der Waals surface area contributed by atoms with E-state index in [4.69, 9.17) is 15.0 Å². The molecule has 2 aromatic carbocycles. The van der Waals surface area contributed by atoms with Gasteiger partial charge in [0.05, 0.1) is 12.0 Å². The standard InChI is InChI=1S/C21H18N4O2/c22-20-18(7-4-12-23-20)21-24-19(27-25-21)13-15-8-10-17(11-9-15)26-14-16-5-2-1-3-6-16/h1-12H,13-14H2,(H2,22,23). The molecule has 4 rings (SSSR count). The highest BCUT2D eigenvalue weighted by molar-refractivity contribution is 5.67. The molecule has 0 bridgehead atoms. The van der Waals surface area contributed by atoms with Crippen LogP contribution in [0.25, 0.3) is 11.4 Å². The first-order chi connectivity index (χ1) is 13.3. The topological polar surface area (TPSA) is 87.1 Å². The van der Waals surface area contributed by atoms with Gasteiger partial charge in [0.15, 0.2) is 0 Å². The molecule has 0 atom stereocenters. The summed E-state index contributed by atoms with van der Waals surface area (Å²) in [5.74, 6) is 2.16. The lowest BCUT2D eigenvalue weighted by Crippen LogP contribution is -1.96. The van der Waals surface area contributed by atoms with Crippen molar-refractivity contribution in [3.8, 4) is 17.1 Å². The van der Waals surface area contributed by atoms with Crippen molar-refractivity contribution in [1.82, 2.24) is 15.1 Å². The molecule has 2 N–H and O–H groups in total. The zero-order valence-electron chi connectivity index (χ0n) is 14.6. The number of ether oxygens (including phenoxy) is 1. The van der Waals surface area contributed by atoms with E-state index >= 15 is 0 Å². The Kier molecular flexibility index (Phi) is 4.78. The van der Waals surface area contributed by atoms with Crippen LogP contribution in [0.2, 0.25) is 0 Å². The minimum Gasteiger partial charge on any atom is -0.489 e. The van der Waals surface area contributed by atoms with Crippen LogP contribution in [0.4, 0.5) is 5.82 Å². The molecule has 2 heterocycles. The number of anilines is 1. The smallest absolute Gasteiger partial charge is 0.231 e. The van der Waals surface area contributed by atoms with Crippen molar-refractivity contribution in [2.75, 3.05) is 5.73 Å². The zero-order chi connectivity index (χ0) is 18.5. The van der Waals surface area contributed by atoms with Crippen LogP contribution >= 0.6 is 0 Å². The molecule has 0 spiro atoms. The number of pyridine rings is 1. The summed E-state index contributed by atoms with van der Waals surface area (Å²) in [4.78, 5) is 8.45. The molecule has 2 aromatic heterocycles. The summed E-state index contributed by atoms with van der Waals surface area (Å²) >= 11 is 0. The monoisotopic (exact) mass is 358 g/mol. The predicted molar refractivity (Wildman–Crippen MR) is 102 cm³/mol. The third-order valence-electron chi connectivity index (χ3n) is 4.07. The Balaban J connectivity index is 1.39. The molecule has 27 heavy (non-hydrogen) atoms. The van der Waals surface area contributed by atoms with E-state index < -0.39 is 0 Å². The van der Waals surface area contributed by atoms with Gasteiger partial charge in [-0.3, -0.25) is 0 Å². The maximum Gasteiger partial charge on any atom is 0.231 e. The number of benzene rings is 2. The van der Waals surface area contributed by atoms with E-state index in [2.05, 4.69) is 15.1 Å². The molecular formula is C21H18N4O2. The van der Waals surface area contributed by atoms with Crippen molar-refractivity contribution < 1.29 is 9.26 Å². The second-order valence-corrected chi connectivity index (χ2v) is 6.04. The summed E-state index contributed by atoms with van der Waals surface area (Å²) in [6.07, 6.45) is 2.16. The van der Waals surface area contributed by atoms with Gasteiger partial charge < -0.3 is 15.0 Å². The maximum absolute atomic E-state index is 5.85. The summed E-state index contributed by atoms with van der Waals surface area (Å²) in [7, 11) is 0. The highest BCUT2D eigenvalue weighted by Gasteiger charge is 2.12. The third kappa shape index (κ3) is 4.12. The fraction of sp³-hybridized carbons (Fsp3) is 0.0952. The van der Waals surface area contributed by atoms with E-state index in [1.54, 1.807) is 12.3 Å². The molecule has 6 nitrogen and oxygen atoms in total. The minimum atomic E-state index is 0.379. The molecule has 0 aliphatic rings. The largest absolute Gasteiger partial charge is 0.489 e. The van der Waals surface area contributed by atoms with Gasteiger partial charge >= 0.3 is 0 Å². The Hall–Kier alpha value is -3.67. The van der Waals surface area contributed by atoms with Gasteiger partial charge in [0, 0.05) is 6.20 Å². The molecule has 0 saturated carbocycles. The van der Waals surface area contributed by atoms with Crippen molar-refractivity contribution in [2.24, 2.45) is 0 Å². The summed E-state index contributed by atoms with van der Waals surface area (Å²) in [5.41, 5.74) is 8.71. The molecule has 0 aliphatic carbocycles. The van der Waals surface area contributed by atoms with E-state index in [1.807, 2.05) is 60.7 Å². The number of nitrogens with two attached hydrogens (primary N) is 1. The second-order valence-electron chi connectivity index (χ2n) is 6.04. The number of aromatic nitrogens is 3. The Morgan fingerprint density at radius 3 is 2.48 bits per heavy atom. The van der Waals surface area contributed by atoms with Gasteiger partial charge in [-0.25, -0.2) is 4.98 Å². The zero-order valence-corrected chi connectivity index (χ0v) is 14.6. The number of hydrogen-bond donors (Lipinski definition) is 1. The molecule has 134 valence electrons. The third-order valence-corrected chi connectivity index (χ3v) is 4.07. The van der Waals surface area contributed by atoms with Crippen molar-refractivity contribution in [3.63, 3.8) is 0 Å². The van der Waals surface area contributed by atoms with E-state index in [0.29, 0.717) is 36.1 Å². The van der Waals surface area contributed by atoms with Crippen molar-refractivity contribution >= 4 is 5.82 Å². The molecule has 0 unspecified atom stereocenters. The van der Waals surface area contributed by atoms with Crippen molar-refractivity contribution in [1.29, 1.82) is 0 Å². The summed E-state index contributed by atoms with van der Waals surface area (Å²) in [5, 5.41) is 3.99. The van der Waals surface area contributed by atoms with Crippen LogP contribution in [0, 0.1) is 0 Å². The molecule has 0 amide bonds. The number of hydrogen-bond acceptors (Lipinski definition) is 6. The number of rotatable bonds is 6. The number of nitrogen functional groups attached to an aromatic ring is 1. The highest BCUT2D eigenvalue weighted by atomic mass is 16.5. The predicted octanol–water partition coefficient (Wildman–Crippen LogP) is 3.88. The van der Waals surface area contributed by atoms with Crippen LogP contribution in [0.15, 0.2) is 77.4 Å². The van der Waals surface area contributed by atoms with E-state index in [9.17, 15) is 0 Å². The minimum absolute atomic E-state index is 0.379. The van der Waals surface area contributed by atoms with Crippen LogP contribution in [-0.4, -0.2) is 15.1 Å². The van der Waals surface area contributed by atoms with Crippen LogP contribution in [0.5, 0.6) is 5.75 Å². The van der Waals surface area contributed by atoms with Crippen LogP contribution in [-0.2, 0) is 13.0 Å². The van der Waals surface area contributed by atoms with E-state index in [-0.39, 0.29) is 0 Å². The maximum atomic E-state index is 5.85. The lowest BCUT2D eigenvalue weighted by atomic mass is 10.1. The van der Waals surface area contributed by atoms with Crippen LogP contribution < -0.4 is 10.5 Å². The SMILES string of the molecule is Nc1ncccc1-c1noc(Cc2ccc(OCc3ccccc3)cc2)n1. The lowest BCUT2D eigenvalue weighted by Gasteiger charge is -2.06. The van der Waals surface area contributed by atoms with Crippen LogP contribution in [0.1, 0.15) is 17.0 Å². The molecular weight excluding hydrogens is 340 g/mol. The van der Waals surface area contributed by atoms with Crippen molar-refractivity contribution in [2.45, 2.75) is 13.0 Å². The van der Waals surface area contributed by atoms with Gasteiger partial charge in [0.2, 0.25) is 11.7 Å². The van der Waals surface area contributed by atoms with Gasteiger partial charge in [0.25, 0.3) is 0 Å². The van der Waals surface area contributed by atoms with Gasteiger partial charge in [-0.15, -0.1) is 0 Å². The Labute approximate surface area is 156 Å². The van der Waals surface area contributed by atoms with E-state index in [1.165, 1.54) is 0 Å². The van der Waals surface area contributed by atoms with Gasteiger partial charge in [0.1, 0.15) is 18.2 Å². The van der Waals surface area contributed by atoms with Gasteiger partial charge in [-0.1, -0.05) is 47.6 Å². The summed E-state index contributed by atoms with van der Waals surface area (Å²) < 4.78 is 11.1. The summed E-state index contributed by atoms with van der Waals surface area (Å²) in [6.45, 7) is 0.541. The quantitative estimate of drug-likeness (QED) is 0.563. The molecule has 0 aliphatic heterocycles. The second kappa shape index (κ2) is 7.70. The highest BCUT2D eigenvalue weighted by Crippen LogP contribution is 2.22. The lowest BCUT2D eigenvalue weighted by molar-refractivity contribution is 0.306. The Bertz CT molecular complexity index is 1010. The van der Waals surface area contributed by atoms with Crippen LogP contribution in [0.3, 0.4) is 0 Å². The van der Waals surface area contributed by atoms with Gasteiger partial charge in [-0.2, -0.15) is 4.98 Å². The Morgan fingerprint density at radius 2 is 1.70 bits per heavy atom. The van der Waals surface area contributed by atoms with Crippen molar-refractivity contribution in [3.05, 3.63) is 89.9 Å². The molecule has 4 aromatic rings. The first-order valence-electron chi connectivity index (χ1n) is 8.57. The van der Waals surface area contributed by atoms with E-state index in [0.717, 1.165) is 16.9 Å². The molecule has 6 heteroatoms. The summed E-state index contributed by atoms with van der Waals surface area (Å²) in [6, 6.07) is 21.5. The first kappa shape index (κ1) is 16.8.